The van der Waals surface area contributed by atoms with Gasteiger partial charge in [0.25, 0.3) is 10.1 Å². The largest absolute Gasteiger partial charge is 0.271 e. The lowest BCUT2D eigenvalue weighted by Crippen LogP contribution is -2.23. The van der Waals surface area contributed by atoms with Crippen molar-refractivity contribution < 1.29 is 12.6 Å². The molecule has 1 aliphatic rings. The molecular weight excluding hydrogens is 276 g/mol. The zero-order valence-corrected chi connectivity index (χ0v) is 13.8. The average molecular weight is 298 g/mol. The van der Waals surface area contributed by atoms with Crippen molar-refractivity contribution in [3.8, 4) is 0 Å². The van der Waals surface area contributed by atoms with Crippen LogP contribution in [0.4, 0.5) is 0 Å². The van der Waals surface area contributed by atoms with Crippen molar-refractivity contribution in [2.45, 2.75) is 44.0 Å². The van der Waals surface area contributed by atoms with Crippen LogP contribution in [0.25, 0.3) is 0 Å². The van der Waals surface area contributed by atoms with Crippen LogP contribution >= 0.6 is 0 Å². The highest BCUT2D eigenvalue weighted by molar-refractivity contribution is 7.85. The molecule has 1 saturated carbocycles. The van der Waals surface area contributed by atoms with E-state index in [0.29, 0.717) is 11.5 Å². The van der Waals surface area contributed by atoms with E-state index in [2.05, 4.69) is 26.6 Å². The monoisotopic (exact) mass is 298 g/mol. The zero-order valence-electron chi connectivity index (χ0n) is 12.0. The number of hydrogen-bond acceptors (Lipinski definition) is 3. The van der Waals surface area contributed by atoms with Crippen molar-refractivity contribution in [2.24, 2.45) is 5.92 Å². The molecule has 0 spiro atoms. The highest BCUT2D eigenvalue weighted by Crippen LogP contribution is 2.54. The normalized spacial score (nSPS) is 27.3. The maximum atomic E-state index is 12.1. The fourth-order valence-electron chi connectivity index (χ4n) is 2.84. The Hall–Kier alpha value is -0.653. The molecule has 106 valence electrons. The van der Waals surface area contributed by atoms with Gasteiger partial charge in [-0.05, 0) is 17.0 Å². The van der Waals surface area contributed by atoms with E-state index < -0.39 is 18.2 Å². The van der Waals surface area contributed by atoms with Crippen molar-refractivity contribution in [3.05, 3.63) is 35.9 Å². The summed E-state index contributed by atoms with van der Waals surface area (Å²) in [4.78, 5) is 0. The fourth-order valence-corrected chi connectivity index (χ4v) is 7.25. The van der Waals surface area contributed by atoms with Crippen molar-refractivity contribution in [1.82, 2.24) is 0 Å². The number of rotatable bonds is 5. The summed E-state index contributed by atoms with van der Waals surface area (Å²) >= 11 is 0. The van der Waals surface area contributed by atoms with E-state index in [1.54, 1.807) is 0 Å². The van der Waals surface area contributed by atoms with Gasteiger partial charge in [-0.25, -0.2) is 0 Å². The van der Waals surface area contributed by atoms with Crippen LogP contribution in [0.5, 0.6) is 0 Å². The second-order valence-corrected chi connectivity index (χ2v) is 13.5. The predicted molar refractivity (Wildman–Crippen MR) is 80.2 cm³/mol. The van der Waals surface area contributed by atoms with Crippen LogP contribution in [0.2, 0.25) is 25.2 Å². The van der Waals surface area contributed by atoms with E-state index >= 15 is 0 Å². The molecule has 1 aromatic rings. The third-order valence-electron chi connectivity index (χ3n) is 3.74. The Morgan fingerprint density at radius 3 is 2.21 bits per heavy atom. The maximum absolute atomic E-state index is 12.1. The van der Waals surface area contributed by atoms with Gasteiger partial charge in [0.15, 0.2) is 0 Å². The van der Waals surface area contributed by atoms with Crippen molar-refractivity contribution in [1.29, 1.82) is 0 Å². The lowest BCUT2D eigenvalue weighted by atomic mass is 10.2. The smallest absolute Gasteiger partial charge is 0.266 e. The van der Waals surface area contributed by atoms with E-state index in [1.165, 1.54) is 0 Å². The standard InChI is InChI=1S/C14H22O3SSi/c1-11-13(14(11)19(2,3)4)17-18(15,16)10-12-8-6-5-7-9-12/h5-9,11,13-14H,10H2,1-4H3. The molecule has 1 aromatic carbocycles. The Kier molecular flexibility index (Phi) is 3.91. The molecule has 3 nitrogen and oxygen atoms in total. The third-order valence-corrected chi connectivity index (χ3v) is 7.80. The molecule has 1 fully saturated rings. The van der Waals surface area contributed by atoms with Gasteiger partial charge in [0.1, 0.15) is 5.75 Å². The van der Waals surface area contributed by atoms with Gasteiger partial charge in [-0.2, -0.15) is 8.42 Å². The summed E-state index contributed by atoms with van der Waals surface area (Å²) < 4.78 is 29.5. The molecule has 0 radical (unpaired) electrons. The van der Waals surface area contributed by atoms with Crippen LogP contribution < -0.4 is 0 Å². The van der Waals surface area contributed by atoms with Gasteiger partial charge in [0.05, 0.1) is 14.2 Å². The fraction of sp³-hybridized carbons (Fsp3) is 0.571. The first-order chi connectivity index (χ1) is 8.71. The molecule has 0 bridgehead atoms. The zero-order chi connectivity index (χ0) is 14.3. The molecule has 0 amide bonds. The minimum Gasteiger partial charge on any atom is -0.266 e. The van der Waals surface area contributed by atoms with Gasteiger partial charge in [0.2, 0.25) is 0 Å². The van der Waals surface area contributed by atoms with Crippen molar-refractivity contribution in [2.75, 3.05) is 0 Å². The maximum Gasteiger partial charge on any atom is 0.271 e. The van der Waals surface area contributed by atoms with E-state index in [9.17, 15) is 8.42 Å². The Labute approximate surface area is 117 Å². The predicted octanol–water partition coefficient (Wildman–Crippen LogP) is 3.26. The molecular formula is C14H22O3SSi. The first-order valence-electron chi connectivity index (χ1n) is 6.65. The van der Waals surface area contributed by atoms with Crippen LogP contribution in [0.1, 0.15) is 12.5 Å². The Balaban J connectivity index is 2.00. The highest BCUT2D eigenvalue weighted by Gasteiger charge is 2.56. The molecule has 2 rings (SSSR count). The highest BCUT2D eigenvalue weighted by atomic mass is 32.2. The molecule has 19 heavy (non-hydrogen) atoms. The summed E-state index contributed by atoms with van der Waals surface area (Å²) in [6, 6.07) is 9.19. The van der Waals surface area contributed by atoms with Crippen molar-refractivity contribution >= 4 is 18.2 Å². The van der Waals surface area contributed by atoms with Crippen LogP contribution in [-0.2, 0) is 20.1 Å². The lowest BCUT2D eigenvalue weighted by Gasteiger charge is -2.15. The average Bonchev–Trinajstić information content (AvgIpc) is 2.88. The third kappa shape index (κ3) is 3.67. The van der Waals surface area contributed by atoms with Gasteiger partial charge >= 0.3 is 0 Å². The lowest BCUT2D eigenvalue weighted by molar-refractivity contribution is 0.290. The van der Waals surface area contributed by atoms with E-state index in [4.69, 9.17) is 4.18 Å². The first kappa shape index (κ1) is 14.7. The van der Waals surface area contributed by atoms with Gasteiger partial charge in [-0.15, -0.1) is 0 Å². The molecule has 0 aromatic heterocycles. The minimum atomic E-state index is -3.48. The summed E-state index contributed by atoms with van der Waals surface area (Å²) in [5, 5.41) is 0. The second-order valence-electron chi connectivity index (χ2n) is 6.50. The molecule has 5 heteroatoms. The molecule has 1 aliphatic carbocycles. The van der Waals surface area contributed by atoms with E-state index in [0.717, 1.165) is 5.56 Å². The van der Waals surface area contributed by atoms with E-state index in [-0.39, 0.29) is 11.9 Å². The van der Waals surface area contributed by atoms with Crippen molar-refractivity contribution in [3.63, 3.8) is 0 Å². The van der Waals surface area contributed by atoms with E-state index in [1.807, 2.05) is 30.3 Å². The minimum absolute atomic E-state index is 0.0323. The van der Waals surface area contributed by atoms with Crippen LogP contribution in [0.15, 0.2) is 30.3 Å². The van der Waals surface area contributed by atoms with Crippen LogP contribution in [-0.4, -0.2) is 22.6 Å². The molecule has 0 saturated heterocycles. The molecule has 0 heterocycles. The van der Waals surface area contributed by atoms with Crippen LogP contribution in [0.3, 0.4) is 0 Å². The van der Waals surface area contributed by atoms with Gasteiger partial charge < -0.3 is 0 Å². The summed E-state index contributed by atoms with van der Waals surface area (Å²) in [5.41, 5.74) is 1.23. The number of hydrogen-bond donors (Lipinski definition) is 0. The molecule has 3 atom stereocenters. The van der Waals surface area contributed by atoms with Gasteiger partial charge in [0, 0.05) is 0 Å². The molecule has 0 N–H and O–H groups in total. The summed E-state index contributed by atoms with van der Waals surface area (Å²) in [5.74, 6) is 0.340. The summed E-state index contributed by atoms with van der Waals surface area (Å²) in [7, 11) is -4.81. The summed E-state index contributed by atoms with van der Waals surface area (Å²) in [6.45, 7) is 8.88. The second kappa shape index (κ2) is 5.03. The first-order valence-corrected chi connectivity index (χ1v) is 11.8. The Morgan fingerprint density at radius 2 is 1.74 bits per heavy atom. The Bertz CT molecular complexity index is 534. The quantitative estimate of drug-likeness (QED) is 0.619. The van der Waals surface area contributed by atoms with Gasteiger partial charge in [-0.1, -0.05) is 56.9 Å². The van der Waals surface area contributed by atoms with Gasteiger partial charge in [-0.3, -0.25) is 4.18 Å². The molecule has 3 unspecified atom stereocenters. The SMILES string of the molecule is CC1C(OS(=O)(=O)Cc2ccccc2)C1[Si](C)(C)C. The van der Waals surface area contributed by atoms with Crippen LogP contribution in [0, 0.1) is 5.92 Å². The molecule has 0 aliphatic heterocycles. The summed E-state index contributed by atoms with van der Waals surface area (Å²) in [6.07, 6.45) is -0.0969. The Morgan fingerprint density at radius 1 is 1.16 bits per heavy atom. The number of benzene rings is 1. The topological polar surface area (TPSA) is 43.4 Å².